The lowest BCUT2D eigenvalue weighted by molar-refractivity contribution is -0.138. The van der Waals surface area contributed by atoms with Gasteiger partial charge >= 0.3 is 0 Å². The molecule has 1 aliphatic carbocycles. The number of benzene rings is 2. The smallest absolute Gasteiger partial charge is 0.295 e. The molecule has 1 heterocycles. The molecule has 0 radical (unpaired) electrons. The van der Waals surface area contributed by atoms with Gasteiger partial charge < -0.3 is 9.47 Å². The van der Waals surface area contributed by atoms with E-state index in [1.807, 2.05) is 0 Å². The number of halogens is 3. The highest BCUT2D eigenvalue weighted by Crippen LogP contribution is 2.44. The number of ether oxygens (including phenoxy) is 2. The second-order valence-electron chi connectivity index (χ2n) is 7.80. The van der Waals surface area contributed by atoms with Crippen molar-refractivity contribution in [3.8, 4) is 11.5 Å². The van der Waals surface area contributed by atoms with Crippen LogP contribution >= 0.6 is 23.2 Å². The van der Waals surface area contributed by atoms with Gasteiger partial charge in [-0.2, -0.15) is 0 Å². The molecule has 2 aromatic carbocycles. The number of amides is 1. The maximum Gasteiger partial charge on any atom is 0.295 e. The van der Waals surface area contributed by atoms with Crippen molar-refractivity contribution in [1.29, 1.82) is 0 Å². The van der Waals surface area contributed by atoms with E-state index >= 15 is 0 Å². The van der Waals surface area contributed by atoms with Crippen LogP contribution in [0.15, 0.2) is 59.2 Å². The van der Waals surface area contributed by atoms with Gasteiger partial charge in [0.25, 0.3) is 5.91 Å². The van der Waals surface area contributed by atoms with Crippen LogP contribution in [0, 0.1) is 11.7 Å². The summed E-state index contributed by atoms with van der Waals surface area (Å²) in [5.41, 5.74) is 0.698. The molecule has 1 amide bonds. The van der Waals surface area contributed by atoms with Crippen molar-refractivity contribution in [3.63, 3.8) is 0 Å². The Morgan fingerprint density at radius 3 is 2.44 bits per heavy atom. The van der Waals surface area contributed by atoms with Crippen LogP contribution < -0.4 is 14.4 Å². The fraction of sp³-hybridized carbons (Fsp3) is 0.240. The van der Waals surface area contributed by atoms with Gasteiger partial charge in [-0.3, -0.25) is 19.3 Å². The highest BCUT2D eigenvalue weighted by atomic mass is 35.5. The van der Waals surface area contributed by atoms with E-state index in [0.29, 0.717) is 29.4 Å². The van der Waals surface area contributed by atoms with E-state index in [4.69, 9.17) is 32.7 Å². The average molecular weight is 504 g/mol. The van der Waals surface area contributed by atoms with Crippen molar-refractivity contribution in [3.05, 3.63) is 75.6 Å². The molecule has 6 nitrogen and oxygen atoms in total. The molecular weight excluding hydrogens is 484 g/mol. The standard InChI is InChI=1S/C25H20Cl2FNO5/c1-33-19-10-8-14(12-20(19)34-2)29-22(13-7-9-17(27)18(28)11-13)21(24(31)25(29)32)23(30)15-5-3-4-6-16(15)26/h3,5,7-12,21-22H,4,6H2,1-2H3. The van der Waals surface area contributed by atoms with Crippen LogP contribution in [0.2, 0.25) is 5.02 Å². The molecule has 2 atom stereocenters. The second kappa shape index (κ2) is 9.60. The first-order chi connectivity index (χ1) is 16.3. The minimum absolute atomic E-state index is 0.124. The van der Waals surface area contributed by atoms with Crippen molar-refractivity contribution in [1.82, 2.24) is 0 Å². The second-order valence-corrected chi connectivity index (χ2v) is 8.66. The number of hydrogen-bond donors (Lipinski definition) is 0. The molecular formula is C25H20Cl2FNO5. The number of rotatable bonds is 6. The molecule has 34 heavy (non-hydrogen) atoms. The summed E-state index contributed by atoms with van der Waals surface area (Å²) in [7, 11) is 2.89. The van der Waals surface area contributed by atoms with Gasteiger partial charge in [-0.25, -0.2) is 4.39 Å². The molecule has 0 N–H and O–H groups in total. The molecule has 2 unspecified atom stereocenters. The molecule has 9 heteroatoms. The largest absolute Gasteiger partial charge is 0.493 e. The lowest BCUT2D eigenvalue weighted by Gasteiger charge is -2.28. The molecule has 0 aromatic heterocycles. The Morgan fingerprint density at radius 2 is 1.79 bits per heavy atom. The van der Waals surface area contributed by atoms with Crippen LogP contribution in [0.3, 0.4) is 0 Å². The molecule has 4 rings (SSSR count). The fourth-order valence-corrected chi connectivity index (χ4v) is 4.63. The number of carbonyl (C=O) groups is 3. The maximum atomic E-state index is 14.4. The first-order valence-electron chi connectivity index (χ1n) is 10.4. The van der Waals surface area contributed by atoms with Gasteiger partial charge in [0.1, 0.15) is 11.7 Å². The van der Waals surface area contributed by atoms with E-state index in [1.165, 1.54) is 37.3 Å². The molecule has 176 valence electrons. The monoisotopic (exact) mass is 503 g/mol. The third kappa shape index (κ3) is 4.10. The zero-order valence-electron chi connectivity index (χ0n) is 18.3. The number of hydrogen-bond acceptors (Lipinski definition) is 5. The third-order valence-corrected chi connectivity index (χ3v) is 6.59. The summed E-state index contributed by atoms with van der Waals surface area (Å²) in [5.74, 6) is -3.83. The number of nitrogens with zero attached hydrogens (tertiary/aromatic N) is 1. The predicted octanol–water partition coefficient (Wildman–Crippen LogP) is 5.18. The van der Waals surface area contributed by atoms with Gasteiger partial charge in [-0.1, -0.05) is 41.4 Å². The van der Waals surface area contributed by atoms with E-state index in [9.17, 15) is 18.8 Å². The van der Waals surface area contributed by atoms with Gasteiger partial charge in [0.15, 0.2) is 17.3 Å². The molecule has 2 aromatic rings. The van der Waals surface area contributed by atoms with Gasteiger partial charge in [0, 0.05) is 22.4 Å². The van der Waals surface area contributed by atoms with Crippen molar-refractivity contribution < 1.29 is 28.2 Å². The predicted molar refractivity (Wildman–Crippen MR) is 126 cm³/mol. The fourth-order valence-electron chi connectivity index (χ4n) is 4.24. The van der Waals surface area contributed by atoms with Crippen molar-refractivity contribution in [2.75, 3.05) is 19.1 Å². The van der Waals surface area contributed by atoms with Crippen LogP contribution in [-0.2, 0) is 14.4 Å². The molecule has 0 bridgehead atoms. The lowest BCUT2D eigenvalue weighted by Crippen LogP contribution is -2.31. The quantitative estimate of drug-likeness (QED) is 0.401. The minimum Gasteiger partial charge on any atom is -0.493 e. The van der Waals surface area contributed by atoms with Crippen LogP contribution in [0.25, 0.3) is 0 Å². The van der Waals surface area contributed by atoms with Gasteiger partial charge in [-0.15, -0.1) is 0 Å². The van der Waals surface area contributed by atoms with Crippen molar-refractivity contribution in [2.45, 2.75) is 18.9 Å². The van der Waals surface area contributed by atoms with E-state index in [0.717, 1.165) is 6.07 Å². The number of carbonyl (C=O) groups excluding carboxylic acids is 3. The zero-order valence-corrected chi connectivity index (χ0v) is 19.8. The van der Waals surface area contributed by atoms with Crippen LogP contribution in [-0.4, -0.2) is 31.7 Å². The zero-order chi connectivity index (χ0) is 24.6. The Labute approximate surface area is 205 Å². The van der Waals surface area contributed by atoms with Crippen LogP contribution in [0.4, 0.5) is 10.1 Å². The SMILES string of the molecule is COc1ccc(N2C(=O)C(=O)C(C(=O)C3=C(Cl)CCC=C3)C2c2ccc(Cl)c(F)c2)cc1OC. The first kappa shape index (κ1) is 24.0. The lowest BCUT2D eigenvalue weighted by atomic mass is 9.84. The van der Waals surface area contributed by atoms with Crippen LogP contribution in [0.5, 0.6) is 11.5 Å². The van der Waals surface area contributed by atoms with Crippen molar-refractivity contribution in [2.24, 2.45) is 5.92 Å². The molecule has 2 aliphatic rings. The molecule has 1 saturated heterocycles. The highest BCUT2D eigenvalue weighted by molar-refractivity contribution is 6.49. The van der Waals surface area contributed by atoms with Crippen molar-refractivity contribution >= 4 is 46.4 Å². The average Bonchev–Trinajstić information content (AvgIpc) is 3.10. The number of anilines is 1. The number of methoxy groups -OCH3 is 2. The summed E-state index contributed by atoms with van der Waals surface area (Å²) in [4.78, 5) is 41.2. The minimum atomic E-state index is -1.42. The number of ketones is 2. The van der Waals surface area contributed by atoms with E-state index in [-0.39, 0.29) is 21.8 Å². The third-order valence-electron chi connectivity index (χ3n) is 5.89. The van der Waals surface area contributed by atoms with E-state index in [1.54, 1.807) is 24.3 Å². The summed E-state index contributed by atoms with van der Waals surface area (Å²) >= 11 is 12.2. The number of Topliss-reactive ketones (excluding diaryl/α,β-unsaturated/α-hetero) is 2. The molecule has 1 fully saturated rings. The summed E-state index contributed by atoms with van der Waals surface area (Å²) < 4.78 is 25.0. The Bertz CT molecular complexity index is 1260. The van der Waals surface area contributed by atoms with E-state index in [2.05, 4.69) is 0 Å². The van der Waals surface area contributed by atoms with Gasteiger partial charge in [-0.05, 0) is 42.7 Å². The maximum absolute atomic E-state index is 14.4. The Kier molecular flexibility index (Phi) is 6.77. The first-order valence-corrected chi connectivity index (χ1v) is 11.2. The Hall–Kier alpha value is -3.16. The Morgan fingerprint density at radius 1 is 1.06 bits per heavy atom. The highest BCUT2D eigenvalue weighted by Gasteiger charge is 2.53. The van der Waals surface area contributed by atoms with Gasteiger partial charge in [0.2, 0.25) is 5.78 Å². The van der Waals surface area contributed by atoms with Crippen LogP contribution in [0.1, 0.15) is 24.4 Å². The summed E-state index contributed by atoms with van der Waals surface area (Å²) in [6.07, 6.45) is 4.46. The molecule has 0 saturated carbocycles. The summed E-state index contributed by atoms with van der Waals surface area (Å²) in [6, 6.07) is 7.46. The summed E-state index contributed by atoms with van der Waals surface area (Å²) in [6.45, 7) is 0. The normalized spacial score (nSPS) is 20.2. The van der Waals surface area contributed by atoms with Gasteiger partial charge in [0.05, 0.1) is 25.3 Å². The Balaban J connectivity index is 1.89. The molecule has 0 spiro atoms. The number of allylic oxidation sites excluding steroid dienone is 4. The molecule has 1 aliphatic heterocycles. The summed E-state index contributed by atoms with van der Waals surface area (Å²) in [5, 5.41) is 0.194. The van der Waals surface area contributed by atoms with E-state index < -0.39 is 35.3 Å². The topological polar surface area (TPSA) is 72.9 Å².